The topological polar surface area (TPSA) is 69.0 Å². The van der Waals surface area contributed by atoms with Gasteiger partial charge in [-0.1, -0.05) is 6.07 Å². The number of nitrogens with zero attached hydrogens (tertiary/aromatic N) is 6. The van der Waals surface area contributed by atoms with Crippen molar-refractivity contribution in [2.24, 2.45) is 0 Å². The zero-order valence-electron chi connectivity index (χ0n) is 14.7. The molecule has 0 spiro atoms. The van der Waals surface area contributed by atoms with Gasteiger partial charge in [0.15, 0.2) is 5.82 Å². The van der Waals surface area contributed by atoms with Crippen molar-refractivity contribution in [3.8, 4) is 0 Å². The van der Waals surface area contributed by atoms with Crippen molar-refractivity contribution in [1.82, 2.24) is 30.1 Å². The minimum atomic E-state index is -0.136. The van der Waals surface area contributed by atoms with Crippen molar-refractivity contribution >= 4 is 0 Å². The molecule has 130 valence electrons. The summed E-state index contributed by atoms with van der Waals surface area (Å²) < 4.78 is 7.72. The first kappa shape index (κ1) is 17.0. The van der Waals surface area contributed by atoms with E-state index in [1.807, 2.05) is 16.9 Å². The smallest absolute Gasteiger partial charge is 0.165 e. The molecule has 1 fully saturated rings. The highest BCUT2D eigenvalue weighted by atomic mass is 16.5. The SMILES string of the molecule is CC(C)(C)n1nnnc1CN(Cc1cccnc1)C[C@H]1CCCO1. The lowest BCUT2D eigenvalue weighted by Crippen LogP contribution is -2.34. The molecule has 1 aliphatic heterocycles. The Hall–Kier alpha value is -1.86. The number of aromatic nitrogens is 5. The molecular formula is C17H26N6O. The van der Waals surface area contributed by atoms with Crippen LogP contribution in [0.25, 0.3) is 0 Å². The van der Waals surface area contributed by atoms with Crippen LogP contribution >= 0.6 is 0 Å². The maximum Gasteiger partial charge on any atom is 0.165 e. The lowest BCUT2D eigenvalue weighted by molar-refractivity contribution is 0.0658. The van der Waals surface area contributed by atoms with Gasteiger partial charge in [0.05, 0.1) is 18.2 Å². The summed E-state index contributed by atoms with van der Waals surface area (Å²) in [6.07, 6.45) is 6.27. The van der Waals surface area contributed by atoms with E-state index in [-0.39, 0.29) is 5.54 Å². The molecule has 0 radical (unpaired) electrons. The number of pyridine rings is 1. The maximum atomic E-state index is 5.82. The maximum absolute atomic E-state index is 5.82. The Morgan fingerprint density at radius 2 is 2.21 bits per heavy atom. The summed E-state index contributed by atoms with van der Waals surface area (Å²) in [6, 6.07) is 4.07. The van der Waals surface area contributed by atoms with Crippen molar-refractivity contribution in [3.63, 3.8) is 0 Å². The second-order valence-corrected chi connectivity index (χ2v) is 7.34. The highest BCUT2D eigenvalue weighted by Gasteiger charge is 2.24. The molecule has 0 amide bonds. The molecule has 0 bridgehead atoms. The van der Waals surface area contributed by atoms with E-state index in [2.05, 4.69) is 52.2 Å². The Morgan fingerprint density at radius 1 is 1.33 bits per heavy atom. The summed E-state index contributed by atoms with van der Waals surface area (Å²) in [7, 11) is 0. The van der Waals surface area contributed by atoms with Gasteiger partial charge in [-0.25, -0.2) is 4.68 Å². The van der Waals surface area contributed by atoms with E-state index < -0.39 is 0 Å². The van der Waals surface area contributed by atoms with Crippen LogP contribution in [0.4, 0.5) is 0 Å². The summed E-state index contributed by atoms with van der Waals surface area (Å²) in [4.78, 5) is 6.57. The van der Waals surface area contributed by atoms with Crippen LogP contribution < -0.4 is 0 Å². The van der Waals surface area contributed by atoms with Crippen LogP contribution in [0.3, 0.4) is 0 Å². The molecule has 7 heteroatoms. The van der Waals surface area contributed by atoms with Gasteiger partial charge in [0, 0.05) is 32.1 Å². The normalized spacial score (nSPS) is 18.4. The third-order valence-electron chi connectivity index (χ3n) is 4.15. The standard InChI is InChI=1S/C17H26N6O/c1-17(2,3)23-16(19-20-21-23)13-22(12-15-7-5-9-24-15)11-14-6-4-8-18-10-14/h4,6,8,10,15H,5,7,9,11-13H2,1-3H3/t15-/m1/s1. The van der Waals surface area contributed by atoms with Crippen molar-refractivity contribution in [3.05, 3.63) is 35.9 Å². The van der Waals surface area contributed by atoms with E-state index in [1.54, 1.807) is 6.20 Å². The predicted octanol–water partition coefficient (Wildman–Crippen LogP) is 2.00. The zero-order valence-corrected chi connectivity index (χ0v) is 14.7. The van der Waals surface area contributed by atoms with Gasteiger partial charge < -0.3 is 4.74 Å². The Balaban J connectivity index is 1.75. The number of hydrogen-bond donors (Lipinski definition) is 0. The van der Waals surface area contributed by atoms with Crippen molar-refractivity contribution in [2.75, 3.05) is 13.2 Å². The summed E-state index contributed by atoms with van der Waals surface area (Å²) in [5.41, 5.74) is 1.05. The molecule has 3 rings (SSSR count). The van der Waals surface area contributed by atoms with E-state index in [9.17, 15) is 0 Å². The fourth-order valence-electron chi connectivity index (χ4n) is 3.04. The van der Waals surface area contributed by atoms with Crippen molar-refractivity contribution < 1.29 is 4.74 Å². The Labute approximate surface area is 143 Å². The Kier molecular flexibility index (Phi) is 5.20. The fourth-order valence-corrected chi connectivity index (χ4v) is 3.04. The van der Waals surface area contributed by atoms with Crippen LogP contribution in [-0.4, -0.2) is 49.3 Å². The second-order valence-electron chi connectivity index (χ2n) is 7.34. The first-order valence-corrected chi connectivity index (χ1v) is 8.53. The molecule has 0 aromatic carbocycles. The van der Waals surface area contributed by atoms with Gasteiger partial charge >= 0.3 is 0 Å². The Bertz CT molecular complexity index is 630. The van der Waals surface area contributed by atoms with E-state index in [4.69, 9.17) is 4.74 Å². The van der Waals surface area contributed by atoms with Crippen molar-refractivity contribution in [2.45, 2.75) is 58.3 Å². The van der Waals surface area contributed by atoms with Crippen molar-refractivity contribution in [1.29, 1.82) is 0 Å². The number of rotatable bonds is 6. The number of hydrogen-bond acceptors (Lipinski definition) is 6. The van der Waals surface area contributed by atoms with E-state index in [1.165, 1.54) is 5.56 Å². The van der Waals surface area contributed by atoms with E-state index in [0.717, 1.165) is 38.4 Å². The molecule has 0 saturated carbocycles. The molecule has 2 aromatic rings. The molecule has 0 N–H and O–H groups in total. The molecular weight excluding hydrogens is 304 g/mol. The van der Waals surface area contributed by atoms with Crippen LogP contribution in [0.15, 0.2) is 24.5 Å². The molecule has 1 aliphatic rings. The average molecular weight is 330 g/mol. The van der Waals surface area contributed by atoms with Crippen LogP contribution in [0.5, 0.6) is 0 Å². The first-order chi connectivity index (χ1) is 11.5. The monoisotopic (exact) mass is 330 g/mol. The highest BCUT2D eigenvalue weighted by molar-refractivity contribution is 5.08. The van der Waals surface area contributed by atoms with E-state index >= 15 is 0 Å². The molecule has 24 heavy (non-hydrogen) atoms. The molecule has 2 aromatic heterocycles. The molecule has 0 aliphatic carbocycles. The minimum Gasteiger partial charge on any atom is -0.377 e. The van der Waals surface area contributed by atoms with Gasteiger partial charge in [0.1, 0.15) is 0 Å². The van der Waals surface area contributed by atoms with E-state index in [0.29, 0.717) is 12.6 Å². The van der Waals surface area contributed by atoms with Gasteiger partial charge in [0.2, 0.25) is 0 Å². The molecule has 0 unspecified atom stereocenters. The second kappa shape index (κ2) is 7.36. The molecule has 1 saturated heterocycles. The minimum absolute atomic E-state index is 0.136. The van der Waals surface area contributed by atoms with Gasteiger partial charge in [-0.05, 0) is 55.7 Å². The third kappa shape index (κ3) is 4.36. The lowest BCUT2D eigenvalue weighted by atomic mass is 10.1. The largest absolute Gasteiger partial charge is 0.377 e. The van der Waals surface area contributed by atoms with Crippen LogP contribution in [0.1, 0.15) is 45.0 Å². The average Bonchev–Trinajstić information content (AvgIpc) is 3.19. The first-order valence-electron chi connectivity index (χ1n) is 8.53. The predicted molar refractivity (Wildman–Crippen MR) is 90.1 cm³/mol. The zero-order chi connectivity index (χ0) is 17.0. The van der Waals surface area contributed by atoms with Gasteiger partial charge in [-0.2, -0.15) is 0 Å². The summed E-state index contributed by atoms with van der Waals surface area (Å²) in [5.74, 6) is 0.879. The summed E-state index contributed by atoms with van der Waals surface area (Å²) in [6.45, 7) is 9.58. The Morgan fingerprint density at radius 3 is 2.88 bits per heavy atom. The molecule has 3 heterocycles. The molecule has 1 atom stereocenters. The van der Waals surface area contributed by atoms with Gasteiger partial charge in [0.25, 0.3) is 0 Å². The fraction of sp³-hybridized carbons (Fsp3) is 0.647. The summed E-state index contributed by atoms with van der Waals surface area (Å²) >= 11 is 0. The number of ether oxygens (including phenoxy) is 1. The van der Waals surface area contributed by atoms with Crippen LogP contribution in [-0.2, 0) is 23.4 Å². The lowest BCUT2D eigenvalue weighted by Gasteiger charge is -2.26. The number of tetrazole rings is 1. The quantitative estimate of drug-likeness (QED) is 0.807. The van der Waals surface area contributed by atoms with Gasteiger partial charge in [-0.3, -0.25) is 9.88 Å². The van der Waals surface area contributed by atoms with Gasteiger partial charge in [-0.15, -0.1) is 5.10 Å². The third-order valence-corrected chi connectivity index (χ3v) is 4.15. The van der Waals surface area contributed by atoms with Crippen LogP contribution in [0, 0.1) is 0 Å². The molecule has 7 nitrogen and oxygen atoms in total. The highest BCUT2D eigenvalue weighted by Crippen LogP contribution is 2.18. The summed E-state index contributed by atoms with van der Waals surface area (Å²) in [5, 5.41) is 12.3. The van der Waals surface area contributed by atoms with Crippen LogP contribution in [0.2, 0.25) is 0 Å².